The summed E-state index contributed by atoms with van der Waals surface area (Å²) in [6, 6.07) is 3.92. The molecule has 4 aromatic heterocycles. The van der Waals surface area contributed by atoms with E-state index in [2.05, 4.69) is 31.7 Å². The van der Waals surface area contributed by atoms with E-state index in [9.17, 15) is 0 Å². The van der Waals surface area contributed by atoms with Gasteiger partial charge in [-0.05, 0) is 43.1 Å². The third-order valence-corrected chi connectivity index (χ3v) is 5.56. The van der Waals surface area contributed by atoms with Crippen molar-refractivity contribution in [3.63, 3.8) is 0 Å². The number of hydrogen-bond acceptors (Lipinski definition) is 7. The van der Waals surface area contributed by atoms with Gasteiger partial charge in [0.25, 0.3) is 0 Å². The SMILES string of the molecule is CCn1c(Sc2ncnc3ccsc23)nnc1-c1ccoc1C. The maximum Gasteiger partial charge on any atom is 0.197 e. The lowest BCUT2D eigenvalue weighted by atomic mass is 10.2. The van der Waals surface area contributed by atoms with Gasteiger partial charge in [0, 0.05) is 6.54 Å². The van der Waals surface area contributed by atoms with Gasteiger partial charge in [0.05, 0.1) is 22.0 Å². The number of aromatic nitrogens is 5. The highest BCUT2D eigenvalue weighted by Gasteiger charge is 2.18. The minimum atomic E-state index is 0.772. The van der Waals surface area contributed by atoms with Gasteiger partial charge < -0.3 is 8.98 Å². The molecular formula is C15H13N5OS2. The van der Waals surface area contributed by atoms with E-state index >= 15 is 0 Å². The van der Waals surface area contributed by atoms with Crippen LogP contribution in [0.3, 0.4) is 0 Å². The molecule has 0 unspecified atom stereocenters. The summed E-state index contributed by atoms with van der Waals surface area (Å²) in [5.41, 5.74) is 1.93. The summed E-state index contributed by atoms with van der Waals surface area (Å²) in [7, 11) is 0. The molecule has 0 radical (unpaired) electrons. The lowest BCUT2D eigenvalue weighted by Crippen LogP contribution is -2.00. The fourth-order valence-electron chi connectivity index (χ4n) is 2.39. The number of aryl methyl sites for hydroxylation is 1. The van der Waals surface area contributed by atoms with E-state index in [1.54, 1.807) is 23.9 Å². The van der Waals surface area contributed by atoms with Crippen LogP contribution in [0.5, 0.6) is 0 Å². The molecule has 4 heterocycles. The highest BCUT2D eigenvalue weighted by atomic mass is 32.2. The molecule has 4 aromatic rings. The Bertz CT molecular complexity index is 971. The predicted octanol–water partition coefficient (Wildman–Crippen LogP) is 4.02. The number of nitrogens with zero attached hydrogens (tertiary/aromatic N) is 5. The molecule has 23 heavy (non-hydrogen) atoms. The van der Waals surface area contributed by atoms with Crippen molar-refractivity contribution in [2.75, 3.05) is 0 Å². The lowest BCUT2D eigenvalue weighted by Gasteiger charge is -2.06. The Morgan fingerprint density at radius 1 is 1.26 bits per heavy atom. The number of hydrogen-bond donors (Lipinski definition) is 0. The summed E-state index contributed by atoms with van der Waals surface area (Å²) >= 11 is 3.15. The van der Waals surface area contributed by atoms with Gasteiger partial charge >= 0.3 is 0 Å². The molecule has 0 amide bonds. The van der Waals surface area contributed by atoms with Crippen LogP contribution in [0.2, 0.25) is 0 Å². The highest BCUT2D eigenvalue weighted by molar-refractivity contribution is 7.99. The monoisotopic (exact) mass is 343 g/mol. The molecular weight excluding hydrogens is 330 g/mol. The third kappa shape index (κ3) is 2.43. The summed E-state index contributed by atoms with van der Waals surface area (Å²) in [4.78, 5) is 8.68. The molecule has 6 nitrogen and oxygen atoms in total. The minimum Gasteiger partial charge on any atom is -0.469 e. The number of thiophene rings is 1. The molecule has 0 aliphatic rings. The largest absolute Gasteiger partial charge is 0.469 e. The van der Waals surface area contributed by atoms with Gasteiger partial charge in [0.15, 0.2) is 11.0 Å². The van der Waals surface area contributed by atoms with Crippen LogP contribution in [0.1, 0.15) is 12.7 Å². The number of fused-ring (bicyclic) bond motifs is 1. The Morgan fingerprint density at radius 3 is 2.96 bits per heavy atom. The second kappa shape index (κ2) is 5.78. The topological polar surface area (TPSA) is 69.6 Å². The van der Waals surface area contributed by atoms with Crippen LogP contribution in [0.15, 0.2) is 44.7 Å². The van der Waals surface area contributed by atoms with Gasteiger partial charge in [-0.25, -0.2) is 9.97 Å². The summed E-state index contributed by atoms with van der Waals surface area (Å²) in [5.74, 6) is 1.66. The van der Waals surface area contributed by atoms with E-state index < -0.39 is 0 Å². The third-order valence-electron chi connectivity index (χ3n) is 3.53. The average Bonchev–Trinajstić information content (AvgIpc) is 3.26. The average molecular weight is 343 g/mol. The first-order valence-corrected chi connectivity index (χ1v) is 8.81. The molecule has 8 heteroatoms. The molecule has 4 rings (SSSR count). The Kier molecular flexibility index (Phi) is 3.62. The molecule has 0 aliphatic heterocycles. The van der Waals surface area contributed by atoms with E-state index in [4.69, 9.17) is 4.42 Å². The van der Waals surface area contributed by atoms with Crippen molar-refractivity contribution >= 4 is 33.3 Å². The molecule has 0 bridgehead atoms. The fourth-order valence-corrected chi connectivity index (χ4v) is 4.27. The van der Waals surface area contributed by atoms with E-state index in [0.717, 1.165) is 44.1 Å². The van der Waals surface area contributed by atoms with Gasteiger partial charge in [0.2, 0.25) is 0 Å². The zero-order valence-corrected chi connectivity index (χ0v) is 14.2. The van der Waals surface area contributed by atoms with Crippen LogP contribution in [-0.4, -0.2) is 24.7 Å². The summed E-state index contributed by atoms with van der Waals surface area (Å²) < 4.78 is 8.53. The zero-order chi connectivity index (χ0) is 15.8. The summed E-state index contributed by atoms with van der Waals surface area (Å²) in [5, 5.41) is 12.4. The molecule has 0 fully saturated rings. The minimum absolute atomic E-state index is 0.772. The van der Waals surface area contributed by atoms with Crippen LogP contribution in [0.25, 0.3) is 21.6 Å². The maximum atomic E-state index is 5.39. The van der Waals surface area contributed by atoms with Crippen molar-refractivity contribution in [1.82, 2.24) is 24.7 Å². The molecule has 0 saturated heterocycles. The maximum absolute atomic E-state index is 5.39. The van der Waals surface area contributed by atoms with Crippen molar-refractivity contribution < 1.29 is 4.42 Å². The Balaban J connectivity index is 1.77. The molecule has 0 N–H and O–H groups in total. The molecule has 0 aromatic carbocycles. The van der Waals surface area contributed by atoms with Crippen molar-refractivity contribution in [3.8, 4) is 11.4 Å². The van der Waals surface area contributed by atoms with Crippen LogP contribution < -0.4 is 0 Å². The molecule has 0 atom stereocenters. The van der Waals surface area contributed by atoms with E-state index in [0.29, 0.717) is 0 Å². The van der Waals surface area contributed by atoms with Crippen molar-refractivity contribution in [2.24, 2.45) is 0 Å². The predicted molar refractivity (Wildman–Crippen MR) is 89.7 cm³/mol. The van der Waals surface area contributed by atoms with Gasteiger partial charge in [0.1, 0.15) is 17.1 Å². The van der Waals surface area contributed by atoms with Crippen LogP contribution >= 0.6 is 23.1 Å². The van der Waals surface area contributed by atoms with Gasteiger partial charge in [-0.1, -0.05) is 0 Å². The Labute approximate surface area is 140 Å². The van der Waals surface area contributed by atoms with E-state index in [1.807, 2.05) is 24.4 Å². The summed E-state index contributed by atoms with van der Waals surface area (Å²) in [6.45, 7) is 4.78. The van der Waals surface area contributed by atoms with Crippen LogP contribution in [0.4, 0.5) is 0 Å². The molecule has 0 aliphatic carbocycles. The highest BCUT2D eigenvalue weighted by Crippen LogP contribution is 2.34. The summed E-state index contributed by atoms with van der Waals surface area (Å²) in [6.07, 6.45) is 3.26. The lowest BCUT2D eigenvalue weighted by molar-refractivity contribution is 0.534. The van der Waals surface area contributed by atoms with Gasteiger partial charge in [-0.2, -0.15) is 0 Å². The quantitative estimate of drug-likeness (QED) is 0.521. The second-order valence-electron chi connectivity index (χ2n) is 4.86. The van der Waals surface area contributed by atoms with E-state index in [-0.39, 0.29) is 0 Å². The number of furan rings is 1. The Morgan fingerprint density at radius 2 is 2.17 bits per heavy atom. The fraction of sp³-hybridized carbons (Fsp3) is 0.200. The van der Waals surface area contributed by atoms with E-state index in [1.165, 1.54) is 11.8 Å². The first-order chi connectivity index (χ1) is 11.3. The standard InChI is InChI=1S/C15H13N5OS2/c1-3-20-13(10-4-6-21-9(10)2)18-19-15(20)23-14-12-11(5-7-22-12)16-8-17-14/h4-8H,3H2,1-2H3. The number of rotatable bonds is 4. The van der Waals surface area contributed by atoms with Crippen molar-refractivity contribution in [1.29, 1.82) is 0 Å². The normalized spacial score (nSPS) is 11.4. The smallest absolute Gasteiger partial charge is 0.197 e. The Hall–Kier alpha value is -2.19. The van der Waals surface area contributed by atoms with Crippen LogP contribution in [0, 0.1) is 6.92 Å². The first kappa shape index (κ1) is 14.4. The van der Waals surface area contributed by atoms with Crippen LogP contribution in [-0.2, 0) is 6.54 Å². The van der Waals surface area contributed by atoms with Crippen molar-refractivity contribution in [3.05, 3.63) is 35.9 Å². The molecule has 116 valence electrons. The van der Waals surface area contributed by atoms with Gasteiger partial charge in [-0.15, -0.1) is 21.5 Å². The molecule has 0 saturated carbocycles. The zero-order valence-electron chi connectivity index (χ0n) is 12.6. The van der Waals surface area contributed by atoms with Crippen molar-refractivity contribution in [2.45, 2.75) is 30.6 Å². The van der Waals surface area contributed by atoms with Gasteiger partial charge in [-0.3, -0.25) is 0 Å². The first-order valence-electron chi connectivity index (χ1n) is 7.11. The second-order valence-corrected chi connectivity index (χ2v) is 6.73. The molecule has 0 spiro atoms.